The van der Waals surface area contributed by atoms with E-state index in [1.54, 1.807) is 18.7 Å². The number of pyridine rings is 1. The summed E-state index contributed by atoms with van der Waals surface area (Å²) in [5.74, 6) is 0. The van der Waals surface area contributed by atoms with E-state index < -0.39 is 0 Å². The zero-order valence-electron chi connectivity index (χ0n) is 8.05. The lowest BCUT2D eigenvalue weighted by Gasteiger charge is -2.00. The maximum absolute atomic E-state index is 5.30. The molecule has 0 atom stereocenters. The molecule has 3 aromatic rings. The van der Waals surface area contributed by atoms with Crippen LogP contribution in [0.3, 0.4) is 0 Å². The van der Waals surface area contributed by atoms with Crippen molar-refractivity contribution in [2.45, 2.75) is 0 Å². The Morgan fingerprint density at radius 2 is 1.73 bits per heavy atom. The lowest BCUT2D eigenvalue weighted by atomic mass is 10.1. The monoisotopic (exact) mass is 195 g/mol. The van der Waals surface area contributed by atoms with Crippen LogP contribution in [0.1, 0.15) is 0 Å². The highest BCUT2D eigenvalue weighted by Gasteiger charge is 2.00. The fourth-order valence-corrected chi connectivity index (χ4v) is 1.69. The Morgan fingerprint density at radius 3 is 2.60 bits per heavy atom. The molecule has 0 aliphatic heterocycles. The van der Waals surface area contributed by atoms with Gasteiger partial charge in [0.15, 0.2) is 0 Å². The molecule has 0 amide bonds. The zero-order valence-corrected chi connectivity index (χ0v) is 8.05. The fraction of sp³-hybridized carbons (Fsp3) is 0. The van der Waals surface area contributed by atoms with Gasteiger partial charge in [0.2, 0.25) is 0 Å². The highest BCUT2D eigenvalue weighted by molar-refractivity contribution is 5.83. The van der Waals surface area contributed by atoms with E-state index in [1.807, 2.05) is 24.3 Å². The highest BCUT2D eigenvalue weighted by atomic mass is 16.3. The molecule has 0 aliphatic carbocycles. The number of hydrogen-bond acceptors (Lipinski definition) is 2. The molecule has 15 heavy (non-hydrogen) atoms. The van der Waals surface area contributed by atoms with E-state index in [2.05, 4.69) is 17.1 Å². The van der Waals surface area contributed by atoms with Gasteiger partial charge in [0.25, 0.3) is 0 Å². The molecule has 0 saturated carbocycles. The number of furan rings is 1. The van der Waals surface area contributed by atoms with Crippen LogP contribution in [0.15, 0.2) is 59.5 Å². The van der Waals surface area contributed by atoms with Crippen molar-refractivity contribution < 1.29 is 4.42 Å². The average Bonchev–Trinajstić information content (AvgIpc) is 2.77. The highest BCUT2D eigenvalue weighted by Crippen LogP contribution is 2.24. The summed E-state index contributed by atoms with van der Waals surface area (Å²) in [5, 5.41) is 1.13. The van der Waals surface area contributed by atoms with Gasteiger partial charge in [-0.25, -0.2) is 0 Å². The normalized spacial score (nSPS) is 10.7. The summed E-state index contributed by atoms with van der Waals surface area (Å²) in [7, 11) is 0. The Balaban J connectivity index is 2.19. The molecule has 0 bridgehead atoms. The molecule has 0 N–H and O–H groups in total. The molecule has 0 unspecified atom stereocenters. The molecule has 2 heterocycles. The predicted molar refractivity (Wildman–Crippen MR) is 59.4 cm³/mol. The maximum Gasteiger partial charge on any atom is 0.133 e. The third-order valence-electron chi connectivity index (χ3n) is 2.47. The van der Waals surface area contributed by atoms with Crippen LogP contribution in [-0.2, 0) is 0 Å². The molecule has 2 heteroatoms. The first kappa shape index (κ1) is 8.24. The van der Waals surface area contributed by atoms with Crippen molar-refractivity contribution in [1.29, 1.82) is 0 Å². The second-order valence-corrected chi connectivity index (χ2v) is 3.41. The molecule has 0 spiro atoms. The van der Waals surface area contributed by atoms with Gasteiger partial charge in [0.05, 0.1) is 6.26 Å². The average molecular weight is 195 g/mol. The Morgan fingerprint density at radius 1 is 0.867 bits per heavy atom. The summed E-state index contributed by atoms with van der Waals surface area (Å²) in [6.07, 6.45) is 5.31. The molecular weight excluding hydrogens is 186 g/mol. The summed E-state index contributed by atoms with van der Waals surface area (Å²) < 4.78 is 5.30. The van der Waals surface area contributed by atoms with Gasteiger partial charge in [-0.3, -0.25) is 4.98 Å². The summed E-state index contributed by atoms with van der Waals surface area (Å²) in [4.78, 5) is 4.00. The van der Waals surface area contributed by atoms with Gasteiger partial charge in [-0.05, 0) is 41.5 Å². The molecule has 1 aromatic carbocycles. The standard InChI is InChI=1S/C13H9NO/c1-2-13-12(5-8-15-13)9-11(1)10-3-6-14-7-4-10/h1-9H. The van der Waals surface area contributed by atoms with Gasteiger partial charge < -0.3 is 4.42 Å². The predicted octanol–water partition coefficient (Wildman–Crippen LogP) is 3.49. The number of rotatable bonds is 1. The van der Waals surface area contributed by atoms with E-state index in [9.17, 15) is 0 Å². The summed E-state index contributed by atoms with van der Waals surface area (Å²) in [6.45, 7) is 0. The number of hydrogen-bond donors (Lipinski definition) is 0. The summed E-state index contributed by atoms with van der Waals surface area (Å²) >= 11 is 0. The van der Waals surface area contributed by atoms with Gasteiger partial charge in [0, 0.05) is 17.8 Å². The SMILES string of the molecule is c1cc(-c2ccc3occc3c2)ccn1. The van der Waals surface area contributed by atoms with Gasteiger partial charge >= 0.3 is 0 Å². The van der Waals surface area contributed by atoms with E-state index in [0.717, 1.165) is 11.0 Å². The van der Waals surface area contributed by atoms with E-state index in [0.29, 0.717) is 0 Å². The molecule has 2 nitrogen and oxygen atoms in total. The minimum Gasteiger partial charge on any atom is -0.464 e. The number of fused-ring (bicyclic) bond motifs is 1. The van der Waals surface area contributed by atoms with Crippen LogP contribution in [0, 0.1) is 0 Å². The fourth-order valence-electron chi connectivity index (χ4n) is 1.69. The lowest BCUT2D eigenvalue weighted by Crippen LogP contribution is -1.77. The Hall–Kier alpha value is -2.09. The molecule has 0 aliphatic rings. The number of nitrogens with zero attached hydrogens (tertiary/aromatic N) is 1. The van der Waals surface area contributed by atoms with Crippen LogP contribution in [0.25, 0.3) is 22.1 Å². The van der Waals surface area contributed by atoms with E-state index in [-0.39, 0.29) is 0 Å². The van der Waals surface area contributed by atoms with Crippen molar-refractivity contribution in [2.24, 2.45) is 0 Å². The molecule has 0 fully saturated rings. The number of aromatic nitrogens is 1. The molecule has 0 radical (unpaired) electrons. The summed E-state index contributed by atoms with van der Waals surface area (Å²) in [6, 6.07) is 12.1. The Labute approximate surface area is 87.2 Å². The van der Waals surface area contributed by atoms with Crippen molar-refractivity contribution in [3.8, 4) is 11.1 Å². The van der Waals surface area contributed by atoms with Crippen LogP contribution in [0.4, 0.5) is 0 Å². The maximum atomic E-state index is 5.30. The van der Waals surface area contributed by atoms with E-state index in [4.69, 9.17) is 4.42 Å². The zero-order chi connectivity index (χ0) is 10.1. The molecule has 0 saturated heterocycles. The van der Waals surface area contributed by atoms with Crippen molar-refractivity contribution in [3.05, 3.63) is 55.1 Å². The van der Waals surface area contributed by atoms with Crippen molar-refractivity contribution >= 4 is 11.0 Å². The van der Waals surface area contributed by atoms with Gasteiger partial charge in [-0.1, -0.05) is 6.07 Å². The first-order chi connectivity index (χ1) is 7.43. The van der Waals surface area contributed by atoms with Crippen LogP contribution in [0.5, 0.6) is 0 Å². The van der Waals surface area contributed by atoms with Gasteiger partial charge in [-0.2, -0.15) is 0 Å². The first-order valence-electron chi connectivity index (χ1n) is 4.81. The lowest BCUT2D eigenvalue weighted by molar-refractivity contribution is 0.616. The third kappa shape index (κ3) is 1.40. The quantitative estimate of drug-likeness (QED) is 0.594. The number of benzene rings is 1. The summed E-state index contributed by atoms with van der Waals surface area (Å²) in [5.41, 5.74) is 3.28. The smallest absolute Gasteiger partial charge is 0.133 e. The molecule has 3 rings (SSSR count). The van der Waals surface area contributed by atoms with Gasteiger partial charge in [-0.15, -0.1) is 0 Å². The topological polar surface area (TPSA) is 26.0 Å². The minimum absolute atomic E-state index is 0.924. The van der Waals surface area contributed by atoms with E-state index >= 15 is 0 Å². The van der Waals surface area contributed by atoms with Crippen LogP contribution >= 0.6 is 0 Å². The molecular formula is C13H9NO. The second kappa shape index (κ2) is 3.24. The minimum atomic E-state index is 0.924. The van der Waals surface area contributed by atoms with Crippen molar-refractivity contribution in [1.82, 2.24) is 4.98 Å². The second-order valence-electron chi connectivity index (χ2n) is 3.41. The van der Waals surface area contributed by atoms with Crippen molar-refractivity contribution in [3.63, 3.8) is 0 Å². The Kier molecular flexibility index (Phi) is 1.78. The van der Waals surface area contributed by atoms with Gasteiger partial charge in [0.1, 0.15) is 5.58 Å². The largest absolute Gasteiger partial charge is 0.464 e. The third-order valence-corrected chi connectivity index (χ3v) is 2.47. The first-order valence-corrected chi connectivity index (χ1v) is 4.81. The van der Waals surface area contributed by atoms with Crippen LogP contribution < -0.4 is 0 Å². The van der Waals surface area contributed by atoms with Crippen LogP contribution in [-0.4, -0.2) is 4.98 Å². The van der Waals surface area contributed by atoms with E-state index in [1.165, 1.54) is 11.1 Å². The molecule has 2 aromatic heterocycles. The van der Waals surface area contributed by atoms with Crippen molar-refractivity contribution in [2.75, 3.05) is 0 Å². The Bertz CT molecular complexity index is 584. The molecule has 72 valence electrons. The van der Waals surface area contributed by atoms with Crippen LogP contribution in [0.2, 0.25) is 0 Å².